The lowest BCUT2D eigenvalue weighted by Gasteiger charge is -2.49. The average Bonchev–Trinajstić information content (AvgIpc) is 4.03. The molecule has 3 saturated carbocycles. The quantitative estimate of drug-likeness (QED) is 0.172. The Kier molecular flexibility index (Phi) is 9.92. The van der Waals surface area contributed by atoms with E-state index in [0.717, 1.165) is 31.8 Å². The molecule has 7 unspecified atom stereocenters. The van der Waals surface area contributed by atoms with Crippen molar-refractivity contribution in [1.82, 2.24) is 10.4 Å². The lowest BCUT2D eigenvalue weighted by molar-refractivity contribution is -0.235. The SMILES string of the molecule is CC(C)(C)OC(=O)CCC(CO)NC(=O)C12CC3OC(=O)C1N(Cc1ccccc1C=CC(=O)OCC(F)(F)F)OC2C1OC(C2CC2)(C2CC2)OC31. The van der Waals surface area contributed by atoms with Crippen molar-refractivity contribution < 1.29 is 66.0 Å². The van der Waals surface area contributed by atoms with Gasteiger partial charge < -0.3 is 34.1 Å². The fourth-order valence-electron chi connectivity index (χ4n) is 8.25. The number of nitrogens with zero attached hydrogens (tertiary/aromatic N) is 1. The van der Waals surface area contributed by atoms with Crippen LogP contribution in [0, 0.1) is 17.3 Å². The summed E-state index contributed by atoms with van der Waals surface area (Å²) in [6, 6.07) is 4.56. The van der Waals surface area contributed by atoms with Crippen molar-refractivity contribution in [3.63, 3.8) is 0 Å². The summed E-state index contributed by atoms with van der Waals surface area (Å²) in [7, 11) is 0. The molecule has 7 rings (SSSR count). The summed E-state index contributed by atoms with van der Waals surface area (Å²) in [4.78, 5) is 59.9. The molecular weight excluding hydrogens is 705 g/mol. The van der Waals surface area contributed by atoms with Crippen molar-refractivity contribution in [2.75, 3.05) is 13.2 Å². The Morgan fingerprint density at radius 1 is 1.08 bits per heavy atom. The first-order valence-corrected chi connectivity index (χ1v) is 18.2. The van der Waals surface area contributed by atoms with E-state index in [0.29, 0.717) is 11.1 Å². The number of carbonyl (C=O) groups excluding carboxylic acids is 4. The summed E-state index contributed by atoms with van der Waals surface area (Å²) in [5.74, 6) is -3.50. The number of hydrogen-bond donors (Lipinski definition) is 2. The second-order valence-electron chi connectivity index (χ2n) is 15.9. The molecule has 16 heteroatoms. The molecule has 2 N–H and O–H groups in total. The van der Waals surface area contributed by atoms with Gasteiger partial charge in [0.25, 0.3) is 0 Å². The van der Waals surface area contributed by atoms with Crippen LogP contribution >= 0.6 is 0 Å². The lowest BCUT2D eigenvalue weighted by Crippen LogP contribution is -2.70. The lowest BCUT2D eigenvalue weighted by atomic mass is 9.62. The highest BCUT2D eigenvalue weighted by atomic mass is 19.4. The van der Waals surface area contributed by atoms with E-state index < -0.39 is 96.5 Å². The van der Waals surface area contributed by atoms with Crippen LogP contribution in [-0.4, -0.2) is 101 Å². The number of amides is 1. The van der Waals surface area contributed by atoms with Gasteiger partial charge in [-0.3, -0.25) is 19.2 Å². The van der Waals surface area contributed by atoms with Crippen LogP contribution in [0.25, 0.3) is 6.08 Å². The molecule has 1 aromatic rings. The topological polar surface area (TPSA) is 159 Å². The number of benzene rings is 1. The van der Waals surface area contributed by atoms with E-state index in [1.54, 1.807) is 45.0 Å². The number of ether oxygens (including phenoxy) is 5. The molecule has 13 nitrogen and oxygen atoms in total. The highest BCUT2D eigenvalue weighted by Crippen LogP contribution is 2.63. The Morgan fingerprint density at radius 3 is 2.40 bits per heavy atom. The molecule has 2 bridgehead atoms. The van der Waals surface area contributed by atoms with Crippen LogP contribution in [0.5, 0.6) is 0 Å². The maximum Gasteiger partial charge on any atom is 0.422 e. The van der Waals surface area contributed by atoms with Crippen LogP contribution in [0.1, 0.15) is 76.8 Å². The molecule has 53 heavy (non-hydrogen) atoms. The van der Waals surface area contributed by atoms with Crippen LogP contribution in [0.3, 0.4) is 0 Å². The van der Waals surface area contributed by atoms with Crippen molar-refractivity contribution in [3.05, 3.63) is 41.5 Å². The molecule has 6 aliphatic rings. The molecule has 7 atom stereocenters. The van der Waals surface area contributed by atoms with Crippen molar-refractivity contribution in [2.45, 2.75) is 126 Å². The van der Waals surface area contributed by atoms with Crippen molar-refractivity contribution in [2.24, 2.45) is 17.3 Å². The number of carbonyl (C=O) groups is 4. The van der Waals surface area contributed by atoms with Crippen molar-refractivity contribution >= 4 is 29.9 Å². The van der Waals surface area contributed by atoms with Gasteiger partial charge in [0.1, 0.15) is 35.4 Å². The second-order valence-corrected chi connectivity index (χ2v) is 15.9. The number of aliphatic hydroxyl groups excluding tert-OH is 1. The number of fused-ring (bicyclic) bond motifs is 4. The molecular formula is C37H45F3N2O11. The molecule has 1 aromatic carbocycles. The number of hydroxylamine groups is 2. The van der Waals surface area contributed by atoms with Crippen molar-refractivity contribution in [1.29, 1.82) is 0 Å². The number of alkyl halides is 3. The zero-order chi connectivity index (χ0) is 37.9. The van der Waals surface area contributed by atoms with Crippen LogP contribution in [0.15, 0.2) is 30.3 Å². The van der Waals surface area contributed by atoms with E-state index in [2.05, 4.69) is 10.1 Å². The number of esters is 3. The minimum absolute atomic E-state index is 0.0448. The number of nitrogens with one attached hydrogen (secondary N) is 1. The molecule has 3 aliphatic carbocycles. The van der Waals surface area contributed by atoms with Gasteiger partial charge in [0.2, 0.25) is 5.91 Å². The van der Waals surface area contributed by atoms with E-state index in [1.807, 2.05) is 0 Å². The van der Waals surface area contributed by atoms with E-state index in [1.165, 1.54) is 11.1 Å². The van der Waals surface area contributed by atoms with Gasteiger partial charge in [-0.05, 0) is 70.1 Å². The van der Waals surface area contributed by atoms with Gasteiger partial charge in [-0.1, -0.05) is 24.3 Å². The van der Waals surface area contributed by atoms with Gasteiger partial charge in [-0.2, -0.15) is 18.2 Å². The average molecular weight is 751 g/mol. The minimum Gasteiger partial charge on any atom is -0.460 e. The van der Waals surface area contributed by atoms with Crippen molar-refractivity contribution in [3.8, 4) is 0 Å². The maximum absolute atomic E-state index is 14.7. The molecule has 3 heterocycles. The Morgan fingerprint density at radius 2 is 1.75 bits per heavy atom. The highest BCUT2D eigenvalue weighted by Gasteiger charge is 2.78. The summed E-state index contributed by atoms with van der Waals surface area (Å²) in [5.41, 5.74) is -1.32. The Hall–Kier alpha value is -3.57. The first-order chi connectivity index (χ1) is 25.0. The summed E-state index contributed by atoms with van der Waals surface area (Å²) in [6.07, 6.45) is -2.05. The van der Waals surface area contributed by atoms with Crippen LogP contribution < -0.4 is 5.32 Å². The summed E-state index contributed by atoms with van der Waals surface area (Å²) < 4.78 is 67.1. The third kappa shape index (κ3) is 7.57. The van der Waals surface area contributed by atoms with Crippen LogP contribution in [-0.2, 0) is 54.2 Å². The predicted molar refractivity (Wildman–Crippen MR) is 176 cm³/mol. The fraction of sp³-hybridized carbons (Fsp3) is 0.676. The monoisotopic (exact) mass is 750 g/mol. The highest BCUT2D eigenvalue weighted by molar-refractivity contribution is 5.94. The Labute approximate surface area is 304 Å². The number of hydrogen-bond acceptors (Lipinski definition) is 12. The standard InChI is InChI=1S/C37H45F3N2O11/c1-34(2,3)50-27(45)15-13-24(18-43)41-33(47)35-16-25-28-29(52-37(51-28,22-9-10-22)23-11-12-23)31(35)53-42(30(35)32(46)49-25)17-21-7-5-4-6-20(21)8-14-26(44)48-19-36(38,39)40/h4-8,14,22-25,28-31,43H,9-13,15-19H2,1-3H3,(H,41,47). The van der Waals surface area contributed by atoms with Gasteiger partial charge in [-0.25, -0.2) is 4.79 Å². The summed E-state index contributed by atoms with van der Waals surface area (Å²) in [6.45, 7) is 2.91. The zero-order valence-corrected chi connectivity index (χ0v) is 29.8. The first kappa shape index (κ1) is 37.7. The van der Waals surface area contributed by atoms with E-state index in [4.69, 9.17) is 23.8 Å². The zero-order valence-electron chi connectivity index (χ0n) is 29.8. The molecule has 290 valence electrons. The molecule has 0 aromatic heterocycles. The minimum atomic E-state index is -4.68. The summed E-state index contributed by atoms with van der Waals surface area (Å²) >= 11 is 0. The molecule has 0 radical (unpaired) electrons. The van der Waals surface area contributed by atoms with E-state index >= 15 is 0 Å². The molecule has 1 amide bonds. The Balaban J connectivity index is 1.18. The number of aliphatic hydroxyl groups is 1. The third-order valence-corrected chi connectivity index (χ3v) is 10.7. The van der Waals surface area contributed by atoms with Gasteiger partial charge in [-0.15, -0.1) is 0 Å². The van der Waals surface area contributed by atoms with E-state index in [-0.39, 0.29) is 37.6 Å². The number of rotatable bonds is 13. The largest absolute Gasteiger partial charge is 0.460 e. The maximum atomic E-state index is 14.7. The number of halogens is 3. The molecule has 3 aliphatic heterocycles. The third-order valence-electron chi connectivity index (χ3n) is 10.7. The Bertz CT molecular complexity index is 1630. The van der Waals surface area contributed by atoms with Crippen LogP contribution in [0.2, 0.25) is 0 Å². The predicted octanol–water partition coefficient (Wildman–Crippen LogP) is 3.50. The van der Waals surface area contributed by atoms with Gasteiger partial charge >= 0.3 is 24.1 Å². The van der Waals surface area contributed by atoms with Gasteiger partial charge in [0.15, 0.2) is 18.4 Å². The molecule has 3 saturated heterocycles. The first-order valence-electron chi connectivity index (χ1n) is 18.2. The summed E-state index contributed by atoms with van der Waals surface area (Å²) in [5, 5.41) is 14.6. The smallest absolute Gasteiger partial charge is 0.422 e. The van der Waals surface area contributed by atoms with Gasteiger partial charge in [0, 0.05) is 30.8 Å². The van der Waals surface area contributed by atoms with E-state index in [9.17, 15) is 37.5 Å². The fourth-order valence-corrected chi connectivity index (χ4v) is 8.25. The van der Waals surface area contributed by atoms with Gasteiger partial charge in [0.05, 0.1) is 19.2 Å². The normalized spacial score (nSPS) is 31.2. The second kappa shape index (κ2) is 13.9. The molecule has 6 fully saturated rings. The van der Waals surface area contributed by atoms with Crippen LogP contribution in [0.4, 0.5) is 13.2 Å². The molecule has 0 spiro atoms.